The van der Waals surface area contributed by atoms with Crippen LogP contribution in [0.15, 0.2) is 42.0 Å². The predicted octanol–water partition coefficient (Wildman–Crippen LogP) is 4.26. The van der Waals surface area contributed by atoms with Crippen molar-refractivity contribution in [3.63, 3.8) is 0 Å². The molecule has 0 amide bonds. The Hall–Kier alpha value is -2.94. The van der Waals surface area contributed by atoms with Gasteiger partial charge in [0.1, 0.15) is 11.3 Å². The minimum Gasteiger partial charge on any atom is -0.478 e. The number of aliphatic carboxylic acids is 1. The lowest BCUT2D eigenvalue weighted by Gasteiger charge is -2.38. The molecular weight excluding hydrogens is 394 g/mol. The van der Waals surface area contributed by atoms with Gasteiger partial charge in [0.05, 0.1) is 0 Å². The molecule has 5 nitrogen and oxygen atoms in total. The van der Waals surface area contributed by atoms with Crippen LogP contribution in [-0.2, 0) is 4.79 Å². The largest absolute Gasteiger partial charge is 0.478 e. The van der Waals surface area contributed by atoms with E-state index in [0.29, 0.717) is 0 Å². The van der Waals surface area contributed by atoms with Gasteiger partial charge >= 0.3 is 17.9 Å². The molecule has 142 valence electrons. The van der Waals surface area contributed by atoms with Gasteiger partial charge in [0.2, 0.25) is 0 Å². The quantitative estimate of drug-likeness (QED) is 0.591. The number of hydrogen-bond donors (Lipinski definition) is 2. The van der Waals surface area contributed by atoms with Crippen molar-refractivity contribution in [2.45, 2.75) is 12.0 Å². The molecular formula is C17H10ClF4NO4. The second-order valence-electron chi connectivity index (χ2n) is 5.55. The number of anilines is 1. The van der Waals surface area contributed by atoms with E-state index in [9.17, 15) is 27.5 Å². The lowest BCUT2D eigenvalue weighted by Crippen LogP contribution is -2.59. The summed E-state index contributed by atoms with van der Waals surface area (Å²) in [6.07, 6.45) is -4.65. The number of nitrogen functional groups attached to an aromatic ring is 1. The van der Waals surface area contributed by atoms with Gasteiger partial charge in [0.15, 0.2) is 11.6 Å². The third-order valence-corrected chi connectivity index (χ3v) is 3.93. The molecule has 27 heavy (non-hydrogen) atoms. The zero-order valence-corrected chi connectivity index (χ0v) is 13.9. The average molecular weight is 404 g/mol. The number of ether oxygens (including phenoxy) is 2. The van der Waals surface area contributed by atoms with Gasteiger partial charge in [0, 0.05) is 22.3 Å². The lowest BCUT2D eigenvalue weighted by atomic mass is 9.97. The van der Waals surface area contributed by atoms with E-state index in [1.54, 1.807) is 0 Å². The topological polar surface area (TPSA) is 81.8 Å². The van der Waals surface area contributed by atoms with Crippen molar-refractivity contribution in [2.75, 3.05) is 5.73 Å². The summed E-state index contributed by atoms with van der Waals surface area (Å²) in [5.74, 6) is -8.18. The molecule has 10 heteroatoms. The normalized spacial score (nSPS) is 18.9. The van der Waals surface area contributed by atoms with Gasteiger partial charge in [-0.25, -0.2) is 9.18 Å². The molecule has 0 aliphatic carbocycles. The standard InChI is InChI=1S/C17H10ClF4NO4/c18-9-1-3-13-8(5-9)6-11(15(24)25)16(26-13,17(20,21)22)27-14-4-2-10(23)7-12(14)19/h1-7H,23H2,(H,24,25). The molecule has 1 aliphatic heterocycles. The van der Waals surface area contributed by atoms with Gasteiger partial charge in [-0.15, -0.1) is 0 Å². The van der Waals surface area contributed by atoms with Crippen molar-refractivity contribution in [3.05, 3.63) is 58.4 Å². The highest BCUT2D eigenvalue weighted by molar-refractivity contribution is 6.30. The monoisotopic (exact) mass is 403 g/mol. The summed E-state index contributed by atoms with van der Waals surface area (Å²) >= 11 is 5.78. The number of halogens is 5. The molecule has 0 saturated carbocycles. The molecule has 1 unspecified atom stereocenters. The summed E-state index contributed by atoms with van der Waals surface area (Å²) < 4.78 is 65.6. The Morgan fingerprint density at radius 2 is 1.93 bits per heavy atom. The van der Waals surface area contributed by atoms with E-state index >= 15 is 0 Å². The minimum atomic E-state index is -5.37. The molecule has 0 bridgehead atoms. The molecule has 2 aromatic carbocycles. The van der Waals surface area contributed by atoms with Crippen LogP contribution in [-0.4, -0.2) is 23.0 Å². The molecule has 3 N–H and O–H groups in total. The summed E-state index contributed by atoms with van der Waals surface area (Å²) in [5, 5.41) is 9.50. The van der Waals surface area contributed by atoms with E-state index in [4.69, 9.17) is 26.8 Å². The van der Waals surface area contributed by atoms with Crippen LogP contribution in [0, 0.1) is 5.82 Å². The van der Waals surface area contributed by atoms with Crippen molar-refractivity contribution in [1.29, 1.82) is 0 Å². The molecule has 1 atom stereocenters. The Kier molecular flexibility index (Phi) is 4.43. The highest BCUT2D eigenvalue weighted by Gasteiger charge is 2.67. The van der Waals surface area contributed by atoms with Crippen molar-refractivity contribution >= 4 is 29.3 Å². The van der Waals surface area contributed by atoms with E-state index in [1.807, 2.05) is 0 Å². The van der Waals surface area contributed by atoms with Crippen LogP contribution >= 0.6 is 11.6 Å². The zero-order chi connectivity index (χ0) is 20.0. The van der Waals surface area contributed by atoms with Gasteiger partial charge in [-0.1, -0.05) is 11.6 Å². The number of fused-ring (bicyclic) bond motifs is 1. The first kappa shape index (κ1) is 18.8. The first-order valence-corrected chi connectivity index (χ1v) is 7.66. The number of carboxylic acids is 1. The highest BCUT2D eigenvalue weighted by atomic mass is 35.5. The Bertz CT molecular complexity index is 960. The Balaban J connectivity index is 2.21. The fourth-order valence-electron chi connectivity index (χ4n) is 2.49. The fourth-order valence-corrected chi connectivity index (χ4v) is 2.67. The van der Waals surface area contributed by atoms with Crippen LogP contribution in [0.25, 0.3) is 6.08 Å². The first-order valence-electron chi connectivity index (χ1n) is 7.28. The number of carbonyl (C=O) groups is 1. The van der Waals surface area contributed by atoms with Crippen LogP contribution < -0.4 is 15.2 Å². The molecule has 0 aromatic heterocycles. The van der Waals surface area contributed by atoms with Crippen molar-refractivity contribution in [1.82, 2.24) is 0 Å². The van der Waals surface area contributed by atoms with E-state index in [-0.39, 0.29) is 22.0 Å². The average Bonchev–Trinajstić information content (AvgIpc) is 2.55. The van der Waals surface area contributed by atoms with Crippen LogP contribution in [0.2, 0.25) is 5.02 Å². The fraction of sp³-hybridized carbons (Fsp3) is 0.118. The van der Waals surface area contributed by atoms with Gasteiger partial charge in [-0.2, -0.15) is 13.2 Å². The number of benzene rings is 2. The number of nitrogens with two attached hydrogens (primary N) is 1. The van der Waals surface area contributed by atoms with Crippen LogP contribution in [0.1, 0.15) is 5.56 Å². The van der Waals surface area contributed by atoms with E-state index < -0.39 is 35.1 Å². The Labute approximate surface area is 154 Å². The second-order valence-corrected chi connectivity index (χ2v) is 5.99. The smallest absolute Gasteiger partial charge is 0.473 e. The molecule has 0 saturated heterocycles. The molecule has 3 rings (SSSR count). The van der Waals surface area contributed by atoms with E-state index in [0.717, 1.165) is 30.3 Å². The first-order chi connectivity index (χ1) is 12.5. The summed E-state index contributed by atoms with van der Waals surface area (Å²) in [4.78, 5) is 11.6. The summed E-state index contributed by atoms with van der Waals surface area (Å²) in [6.45, 7) is 0. The van der Waals surface area contributed by atoms with Crippen molar-refractivity contribution in [3.8, 4) is 11.5 Å². The molecule has 0 fully saturated rings. The van der Waals surface area contributed by atoms with Gasteiger partial charge in [-0.3, -0.25) is 0 Å². The van der Waals surface area contributed by atoms with Gasteiger partial charge < -0.3 is 20.3 Å². The zero-order valence-electron chi connectivity index (χ0n) is 13.2. The molecule has 1 aliphatic rings. The Morgan fingerprint density at radius 3 is 2.52 bits per heavy atom. The maximum atomic E-state index is 14.0. The summed E-state index contributed by atoms with van der Waals surface area (Å²) in [6, 6.07) is 6.28. The number of hydrogen-bond acceptors (Lipinski definition) is 4. The maximum absolute atomic E-state index is 14.0. The van der Waals surface area contributed by atoms with Crippen LogP contribution in [0.3, 0.4) is 0 Å². The second kappa shape index (κ2) is 6.34. The Morgan fingerprint density at radius 1 is 1.22 bits per heavy atom. The summed E-state index contributed by atoms with van der Waals surface area (Å²) in [5.41, 5.74) is 4.02. The summed E-state index contributed by atoms with van der Waals surface area (Å²) in [7, 11) is 0. The lowest BCUT2D eigenvalue weighted by molar-refractivity contribution is -0.304. The maximum Gasteiger partial charge on any atom is 0.473 e. The van der Waals surface area contributed by atoms with Crippen LogP contribution in [0.5, 0.6) is 11.5 Å². The highest BCUT2D eigenvalue weighted by Crippen LogP contribution is 2.47. The molecule has 0 spiro atoms. The molecule has 1 heterocycles. The van der Waals surface area contributed by atoms with E-state index in [2.05, 4.69) is 0 Å². The number of rotatable bonds is 3. The van der Waals surface area contributed by atoms with E-state index in [1.165, 1.54) is 12.1 Å². The molecule has 2 aromatic rings. The number of carboxylic acid groups (broad SMARTS) is 1. The van der Waals surface area contributed by atoms with Crippen molar-refractivity contribution < 1.29 is 36.9 Å². The van der Waals surface area contributed by atoms with Crippen LogP contribution in [0.4, 0.5) is 23.2 Å². The predicted molar refractivity (Wildman–Crippen MR) is 87.9 cm³/mol. The number of alkyl halides is 3. The SMILES string of the molecule is Nc1ccc(OC2(C(F)(F)F)Oc3ccc(Cl)cc3C=C2C(=O)O)c(F)c1. The van der Waals surface area contributed by atoms with Gasteiger partial charge in [0.25, 0.3) is 0 Å². The van der Waals surface area contributed by atoms with Crippen molar-refractivity contribution in [2.24, 2.45) is 0 Å². The third-order valence-electron chi connectivity index (χ3n) is 3.69. The third kappa shape index (κ3) is 3.25. The molecule has 0 radical (unpaired) electrons. The minimum absolute atomic E-state index is 0.00107. The van der Waals surface area contributed by atoms with Gasteiger partial charge in [-0.05, 0) is 36.4 Å².